The standard InChI is InChI=1S/2Na.H3O4P.5H2O/c;;1-5(2,3)4;;;;;/h;;(H3,1,2,3,4);5*1H2/q2*+1;;;;;;. The van der Waals surface area contributed by atoms with E-state index in [0.717, 1.165) is 0 Å². The Hall–Kier alpha value is 1.91. The van der Waals surface area contributed by atoms with Gasteiger partial charge in [-0.1, -0.05) is 0 Å². The fourth-order valence-corrected chi connectivity index (χ4v) is 0. The Balaban J connectivity index is -0.00000000381. The molecule has 12 heavy (non-hydrogen) atoms. The summed E-state index contributed by atoms with van der Waals surface area (Å²) in [6.07, 6.45) is 0. The SMILES string of the molecule is O.O.O.O.O.O=P(O)(O)O.[Na+].[Na+]. The summed E-state index contributed by atoms with van der Waals surface area (Å²) in [5.41, 5.74) is 0. The molecule has 0 bridgehead atoms. The van der Waals surface area contributed by atoms with Crippen molar-refractivity contribution in [2.75, 3.05) is 0 Å². The van der Waals surface area contributed by atoms with E-state index in [4.69, 9.17) is 19.2 Å². The van der Waals surface area contributed by atoms with Crippen LogP contribution in [0.15, 0.2) is 0 Å². The van der Waals surface area contributed by atoms with Gasteiger partial charge in [0.2, 0.25) is 0 Å². The Morgan fingerprint density at radius 1 is 0.667 bits per heavy atom. The van der Waals surface area contributed by atoms with Gasteiger partial charge >= 0.3 is 66.9 Å². The first-order chi connectivity index (χ1) is 2.00. The average Bonchev–Trinajstić information content (AvgIpc) is 0.722. The van der Waals surface area contributed by atoms with Crippen LogP contribution in [0.2, 0.25) is 0 Å². The first-order valence-electron chi connectivity index (χ1n) is 0.783. The molecule has 0 unspecified atom stereocenters. The molecular formula is H13Na2O9P+2. The van der Waals surface area contributed by atoms with Gasteiger partial charge in [0.1, 0.15) is 0 Å². The third-order valence-corrected chi connectivity index (χ3v) is 0. The normalized spacial score (nSPS) is 4.92. The molecule has 9 nitrogen and oxygen atoms in total. The van der Waals surface area contributed by atoms with E-state index in [-0.39, 0.29) is 86.5 Å². The quantitative estimate of drug-likeness (QED) is 0.273. The molecule has 0 fully saturated rings. The second kappa shape index (κ2) is 29.3. The van der Waals surface area contributed by atoms with E-state index in [1.807, 2.05) is 0 Å². The molecule has 0 spiro atoms. The maximum absolute atomic E-state index is 8.88. The van der Waals surface area contributed by atoms with E-state index < -0.39 is 7.82 Å². The molecule has 0 atom stereocenters. The van der Waals surface area contributed by atoms with Gasteiger partial charge in [-0.2, -0.15) is 0 Å². The molecule has 0 aliphatic heterocycles. The van der Waals surface area contributed by atoms with Crippen LogP contribution in [0.5, 0.6) is 0 Å². The second-order valence-electron chi connectivity index (χ2n) is 0.513. The Labute approximate surface area is 113 Å². The van der Waals surface area contributed by atoms with Crippen molar-refractivity contribution in [3.8, 4) is 0 Å². The van der Waals surface area contributed by atoms with Crippen LogP contribution >= 0.6 is 7.82 Å². The molecule has 0 amide bonds. The van der Waals surface area contributed by atoms with Crippen molar-refractivity contribution in [2.24, 2.45) is 0 Å². The van der Waals surface area contributed by atoms with Gasteiger partial charge in [0.25, 0.3) is 0 Å². The van der Waals surface area contributed by atoms with Crippen LogP contribution in [0.1, 0.15) is 0 Å². The molecule has 0 saturated heterocycles. The maximum Gasteiger partial charge on any atom is 1.00 e. The van der Waals surface area contributed by atoms with Gasteiger partial charge in [0.15, 0.2) is 0 Å². The molecule has 0 saturated carbocycles. The number of rotatable bonds is 0. The van der Waals surface area contributed by atoms with Crippen LogP contribution in [-0.2, 0) is 4.57 Å². The minimum absolute atomic E-state index is 0. The van der Waals surface area contributed by atoms with Crippen LogP contribution < -0.4 is 59.1 Å². The summed E-state index contributed by atoms with van der Waals surface area (Å²) in [5, 5.41) is 0. The van der Waals surface area contributed by atoms with Gasteiger partial charge in [-0.3, -0.25) is 0 Å². The maximum atomic E-state index is 8.88. The van der Waals surface area contributed by atoms with Crippen molar-refractivity contribution in [3.05, 3.63) is 0 Å². The second-order valence-corrected chi connectivity index (χ2v) is 1.54. The van der Waals surface area contributed by atoms with Crippen LogP contribution in [0, 0.1) is 0 Å². The van der Waals surface area contributed by atoms with E-state index in [9.17, 15) is 0 Å². The van der Waals surface area contributed by atoms with E-state index in [0.29, 0.717) is 0 Å². The van der Waals surface area contributed by atoms with Gasteiger partial charge in [0.05, 0.1) is 0 Å². The summed E-state index contributed by atoms with van der Waals surface area (Å²) in [5.74, 6) is 0. The molecular weight excluding hydrogens is 221 g/mol. The van der Waals surface area contributed by atoms with E-state index in [1.54, 1.807) is 0 Å². The fraction of sp³-hybridized carbons (Fsp3) is 0. The minimum Gasteiger partial charge on any atom is -0.412 e. The smallest absolute Gasteiger partial charge is 0.412 e. The summed E-state index contributed by atoms with van der Waals surface area (Å²) in [4.78, 5) is 21.6. The number of hydrogen-bond donors (Lipinski definition) is 3. The van der Waals surface area contributed by atoms with Crippen molar-refractivity contribution < 1.29 is 106 Å². The first kappa shape index (κ1) is 66.4. The van der Waals surface area contributed by atoms with E-state index >= 15 is 0 Å². The molecule has 0 aliphatic carbocycles. The topological polar surface area (TPSA) is 235 Å². The van der Waals surface area contributed by atoms with E-state index in [1.165, 1.54) is 0 Å². The Morgan fingerprint density at radius 3 is 0.667 bits per heavy atom. The van der Waals surface area contributed by atoms with Crippen molar-refractivity contribution in [1.29, 1.82) is 0 Å². The molecule has 0 aromatic rings. The van der Waals surface area contributed by atoms with Crippen LogP contribution in [0.3, 0.4) is 0 Å². The Kier molecular flexibility index (Phi) is 162. The zero-order chi connectivity index (χ0) is 4.50. The van der Waals surface area contributed by atoms with Gasteiger partial charge in [-0.05, 0) is 0 Å². The fourth-order valence-electron chi connectivity index (χ4n) is 0. The third kappa shape index (κ3) is 389. The molecule has 12 heteroatoms. The molecule has 72 valence electrons. The number of phosphoric acid groups is 1. The van der Waals surface area contributed by atoms with Gasteiger partial charge in [0, 0.05) is 0 Å². The van der Waals surface area contributed by atoms with E-state index in [2.05, 4.69) is 0 Å². The summed E-state index contributed by atoms with van der Waals surface area (Å²) in [6, 6.07) is 0. The summed E-state index contributed by atoms with van der Waals surface area (Å²) in [7, 11) is -4.64. The van der Waals surface area contributed by atoms with Gasteiger partial charge < -0.3 is 42.1 Å². The molecule has 13 N–H and O–H groups in total. The summed E-state index contributed by atoms with van der Waals surface area (Å²) >= 11 is 0. The molecule has 0 heterocycles. The van der Waals surface area contributed by atoms with Crippen molar-refractivity contribution in [3.63, 3.8) is 0 Å². The van der Waals surface area contributed by atoms with Gasteiger partial charge in [-0.15, -0.1) is 0 Å². The van der Waals surface area contributed by atoms with Crippen molar-refractivity contribution >= 4 is 7.82 Å². The minimum atomic E-state index is -4.64. The number of hydrogen-bond acceptors (Lipinski definition) is 1. The molecule has 0 rings (SSSR count). The average molecular weight is 234 g/mol. The Morgan fingerprint density at radius 2 is 0.667 bits per heavy atom. The van der Waals surface area contributed by atoms with Crippen LogP contribution in [-0.4, -0.2) is 42.1 Å². The zero-order valence-corrected chi connectivity index (χ0v) is 11.6. The zero-order valence-electron chi connectivity index (χ0n) is 6.70. The monoisotopic (exact) mass is 234 g/mol. The predicted molar refractivity (Wildman–Crippen MR) is 32.3 cm³/mol. The Bertz CT molecular complexity index is 58.7. The molecule has 0 aliphatic rings. The van der Waals surface area contributed by atoms with Crippen molar-refractivity contribution in [2.45, 2.75) is 0 Å². The summed E-state index contributed by atoms with van der Waals surface area (Å²) < 4.78 is 8.88. The summed E-state index contributed by atoms with van der Waals surface area (Å²) in [6.45, 7) is 0. The molecule has 0 aromatic carbocycles. The molecule has 0 radical (unpaired) electrons. The molecule has 0 aromatic heterocycles. The van der Waals surface area contributed by atoms with Crippen LogP contribution in [0.25, 0.3) is 0 Å². The largest absolute Gasteiger partial charge is 1.00 e. The van der Waals surface area contributed by atoms with Gasteiger partial charge in [-0.25, -0.2) is 4.57 Å². The first-order valence-corrected chi connectivity index (χ1v) is 2.35. The predicted octanol–water partition coefficient (Wildman–Crippen LogP) is -11.0. The third-order valence-electron chi connectivity index (χ3n) is 0. The van der Waals surface area contributed by atoms with Crippen molar-refractivity contribution in [1.82, 2.24) is 0 Å². The van der Waals surface area contributed by atoms with Crippen LogP contribution in [0.4, 0.5) is 0 Å².